The zero-order valence-corrected chi connectivity index (χ0v) is 16.7. The van der Waals surface area contributed by atoms with Gasteiger partial charge in [0.15, 0.2) is 5.78 Å². The first-order valence-electron chi connectivity index (χ1n) is 9.42. The van der Waals surface area contributed by atoms with Crippen LogP contribution in [-0.2, 0) is 14.8 Å². The highest BCUT2D eigenvalue weighted by Crippen LogP contribution is 2.25. The van der Waals surface area contributed by atoms with Gasteiger partial charge in [0.1, 0.15) is 0 Å². The van der Waals surface area contributed by atoms with E-state index in [2.05, 4.69) is 12.2 Å². The Balaban J connectivity index is 1.62. The van der Waals surface area contributed by atoms with Crippen molar-refractivity contribution in [2.24, 2.45) is 5.92 Å². The summed E-state index contributed by atoms with van der Waals surface area (Å²) in [7, 11) is -3.60. The van der Waals surface area contributed by atoms with Crippen LogP contribution in [0.2, 0.25) is 0 Å². The van der Waals surface area contributed by atoms with E-state index in [0.717, 1.165) is 6.54 Å². The van der Waals surface area contributed by atoms with Crippen LogP contribution in [0.1, 0.15) is 37.0 Å². The van der Waals surface area contributed by atoms with Gasteiger partial charge in [0.05, 0.1) is 4.90 Å². The number of piperidine rings is 1. The first-order chi connectivity index (χ1) is 12.8. The second kappa shape index (κ2) is 8.08. The average molecular weight is 394 g/mol. The summed E-state index contributed by atoms with van der Waals surface area (Å²) in [6, 6.07) is 6.33. The maximum absolute atomic E-state index is 12.8. The minimum atomic E-state index is -3.60. The van der Waals surface area contributed by atoms with Crippen LogP contribution in [-0.4, -0.2) is 68.1 Å². The summed E-state index contributed by atoms with van der Waals surface area (Å²) in [4.78, 5) is 26.2. The van der Waals surface area contributed by atoms with E-state index in [1.54, 1.807) is 0 Å². The maximum atomic E-state index is 12.8. The molecule has 1 amide bonds. The Morgan fingerprint density at radius 3 is 2.26 bits per heavy atom. The fourth-order valence-electron chi connectivity index (χ4n) is 3.74. The standard InChI is InChI=1S/C19H27N3O4S/c1-14-13-21(12-9-20-14)19(24)17-7-10-22(11-8-17)27(25,26)18-5-3-16(4-6-18)15(2)23/h3-6,14,17,20H,7-13H2,1-2H3. The number of piperazine rings is 1. The molecular weight excluding hydrogens is 366 g/mol. The van der Waals surface area contributed by atoms with Crippen LogP contribution in [0.3, 0.4) is 0 Å². The molecule has 2 saturated heterocycles. The van der Waals surface area contributed by atoms with Crippen LogP contribution in [0.15, 0.2) is 29.2 Å². The van der Waals surface area contributed by atoms with Crippen LogP contribution in [0.4, 0.5) is 0 Å². The van der Waals surface area contributed by atoms with E-state index >= 15 is 0 Å². The predicted molar refractivity (Wildman–Crippen MR) is 102 cm³/mol. The Morgan fingerprint density at radius 1 is 1.07 bits per heavy atom. The molecule has 1 aromatic carbocycles. The van der Waals surface area contributed by atoms with Crippen molar-refractivity contribution >= 4 is 21.7 Å². The lowest BCUT2D eigenvalue weighted by Crippen LogP contribution is -2.54. The van der Waals surface area contributed by atoms with Crippen LogP contribution in [0.5, 0.6) is 0 Å². The Kier molecular flexibility index (Phi) is 5.98. The number of hydrogen-bond donors (Lipinski definition) is 1. The van der Waals surface area contributed by atoms with E-state index in [4.69, 9.17) is 0 Å². The molecule has 2 fully saturated rings. The molecule has 0 saturated carbocycles. The monoisotopic (exact) mass is 393 g/mol. The normalized spacial score (nSPS) is 22.6. The van der Waals surface area contributed by atoms with Crippen LogP contribution >= 0.6 is 0 Å². The van der Waals surface area contributed by atoms with Crippen molar-refractivity contribution in [2.75, 3.05) is 32.7 Å². The quantitative estimate of drug-likeness (QED) is 0.775. The number of amides is 1. The van der Waals surface area contributed by atoms with Gasteiger partial charge in [-0.1, -0.05) is 12.1 Å². The van der Waals surface area contributed by atoms with Crippen molar-refractivity contribution in [1.29, 1.82) is 0 Å². The average Bonchev–Trinajstić information content (AvgIpc) is 2.67. The maximum Gasteiger partial charge on any atom is 0.243 e. The number of nitrogens with zero attached hydrogens (tertiary/aromatic N) is 2. The predicted octanol–water partition coefficient (Wildman–Crippen LogP) is 1.11. The molecule has 1 atom stereocenters. The zero-order valence-electron chi connectivity index (χ0n) is 15.8. The second-order valence-corrected chi connectivity index (χ2v) is 9.34. The molecule has 7 nitrogen and oxygen atoms in total. The number of hydrogen-bond acceptors (Lipinski definition) is 5. The molecule has 2 heterocycles. The number of sulfonamides is 1. The van der Waals surface area contributed by atoms with Gasteiger partial charge in [0.25, 0.3) is 0 Å². The third-order valence-corrected chi connectivity index (χ3v) is 7.30. The lowest BCUT2D eigenvalue weighted by Gasteiger charge is -2.37. The number of rotatable bonds is 4. The molecule has 3 rings (SSSR count). The van der Waals surface area contributed by atoms with Gasteiger partial charge in [-0.05, 0) is 38.8 Å². The molecule has 1 N–H and O–H groups in total. The molecule has 0 spiro atoms. The Labute approximate surface area is 160 Å². The van der Waals surface area contributed by atoms with E-state index < -0.39 is 10.0 Å². The van der Waals surface area contributed by atoms with Crippen LogP contribution in [0.25, 0.3) is 0 Å². The fourth-order valence-corrected chi connectivity index (χ4v) is 5.21. The van der Waals surface area contributed by atoms with Gasteiger partial charge in [0.2, 0.25) is 15.9 Å². The second-order valence-electron chi connectivity index (χ2n) is 7.40. The van der Waals surface area contributed by atoms with Gasteiger partial charge in [-0.25, -0.2) is 8.42 Å². The summed E-state index contributed by atoms with van der Waals surface area (Å²) in [5, 5.41) is 3.32. The Morgan fingerprint density at radius 2 is 1.70 bits per heavy atom. The topological polar surface area (TPSA) is 86.8 Å². The van der Waals surface area contributed by atoms with Gasteiger partial charge in [-0.15, -0.1) is 0 Å². The number of carbonyl (C=O) groups is 2. The molecule has 2 aliphatic heterocycles. The molecule has 148 valence electrons. The zero-order chi connectivity index (χ0) is 19.6. The molecule has 0 bridgehead atoms. The molecule has 27 heavy (non-hydrogen) atoms. The third-order valence-electron chi connectivity index (χ3n) is 5.38. The van der Waals surface area contributed by atoms with Gasteiger partial charge in [-0.3, -0.25) is 9.59 Å². The van der Waals surface area contributed by atoms with Crippen molar-refractivity contribution in [3.63, 3.8) is 0 Å². The van der Waals surface area contributed by atoms with Crippen molar-refractivity contribution < 1.29 is 18.0 Å². The molecule has 1 aromatic rings. The Bertz CT molecular complexity index is 799. The number of Topliss-reactive ketones (excluding diaryl/α,β-unsaturated/α-hetero) is 1. The SMILES string of the molecule is CC(=O)c1ccc(S(=O)(=O)N2CCC(C(=O)N3CCNC(C)C3)CC2)cc1. The first-order valence-corrected chi connectivity index (χ1v) is 10.9. The molecule has 0 aliphatic carbocycles. The summed E-state index contributed by atoms with van der Waals surface area (Å²) in [5.41, 5.74) is 0.489. The van der Waals surface area contributed by atoms with Gasteiger partial charge in [0, 0.05) is 50.2 Å². The molecule has 2 aliphatic rings. The molecule has 8 heteroatoms. The minimum Gasteiger partial charge on any atom is -0.340 e. The largest absolute Gasteiger partial charge is 0.340 e. The van der Waals surface area contributed by atoms with Gasteiger partial charge < -0.3 is 10.2 Å². The van der Waals surface area contributed by atoms with E-state index in [1.165, 1.54) is 35.5 Å². The number of carbonyl (C=O) groups excluding carboxylic acids is 2. The van der Waals surface area contributed by atoms with Gasteiger partial charge >= 0.3 is 0 Å². The van der Waals surface area contributed by atoms with Crippen molar-refractivity contribution in [1.82, 2.24) is 14.5 Å². The van der Waals surface area contributed by atoms with E-state index in [-0.39, 0.29) is 22.5 Å². The first kappa shape index (κ1) is 20.0. The number of benzene rings is 1. The smallest absolute Gasteiger partial charge is 0.243 e. The number of ketones is 1. The van der Waals surface area contributed by atoms with Crippen molar-refractivity contribution in [3.05, 3.63) is 29.8 Å². The molecule has 0 radical (unpaired) electrons. The van der Waals surface area contributed by atoms with Crippen LogP contribution in [0, 0.1) is 5.92 Å². The summed E-state index contributed by atoms with van der Waals surface area (Å²) in [6.07, 6.45) is 1.09. The van der Waals surface area contributed by atoms with E-state index in [0.29, 0.717) is 50.6 Å². The summed E-state index contributed by atoms with van der Waals surface area (Å²) in [6.45, 7) is 6.42. The molecule has 1 unspecified atom stereocenters. The highest BCUT2D eigenvalue weighted by molar-refractivity contribution is 7.89. The molecular formula is C19H27N3O4S. The summed E-state index contributed by atoms with van der Waals surface area (Å²) in [5.74, 6) is -0.0615. The van der Waals surface area contributed by atoms with Crippen molar-refractivity contribution in [3.8, 4) is 0 Å². The summed E-state index contributed by atoms with van der Waals surface area (Å²) >= 11 is 0. The molecule has 0 aromatic heterocycles. The van der Waals surface area contributed by atoms with Crippen molar-refractivity contribution in [2.45, 2.75) is 37.6 Å². The lowest BCUT2D eigenvalue weighted by atomic mass is 9.96. The Hall–Kier alpha value is -1.77. The number of nitrogens with one attached hydrogen (secondary N) is 1. The van der Waals surface area contributed by atoms with Gasteiger partial charge in [-0.2, -0.15) is 4.31 Å². The third kappa shape index (κ3) is 4.39. The fraction of sp³-hybridized carbons (Fsp3) is 0.579. The minimum absolute atomic E-state index is 0.0968. The highest BCUT2D eigenvalue weighted by Gasteiger charge is 2.34. The lowest BCUT2D eigenvalue weighted by molar-refractivity contribution is -0.137. The van der Waals surface area contributed by atoms with Crippen LogP contribution < -0.4 is 5.32 Å². The summed E-state index contributed by atoms with van der Waals surface area (Å²) < 4.78 is 27.1. The van der Waals surface area contributed by atoms with E-state index in [1.807, 2.05) is 4.90 Å². The van der Waals surface area contributed by atoms with E-state index in [9.17, 15) is 18.0 Å². The highest BCUT2D eigenvalue weighted by atomic mass is 32.2.